The van der Waals surface area contributed by atoms with Crippen LogP contribution in [0.5, 0.6) is 0 Å². The molecule has 0 bridgehead atoms. The average Bonchev–Trinajstić information content (AvgIpc) is 3.95. The summed E-state index contributed by atoms with van der Waals surface area (Å²) in [6.07, 6.45) is 0. The Hall–Kier alpha value is -9.77. The van der Waals surface area contributed by atoms with Gasteiger partial charge in [-0.25, -0.2) is 4.98 Å². The Morgan fingerprint density at radius 2 is 0.658 bits per heavy atom. The Morgan fingerprint density at radius 3 is 1.11 bits per heavy atom. The molecule has 358 valence electrons. The lowest BCUT2D eigenvalue weighted by Crippen LogP contribution is -2.15. The van der Waals surface area contributed by atoms with Crippen LogP contribution in [0.3, 0.4) is 0 Å². The zero-order valence-corrected chi connectivity index (χ0v) is 42.2. The summed E-state index contributed by atoms with van der Waals surface area (Å²) in [5.74, 6) is 1.69. The van der Waals surface area contributed by atoms with Gasteiger partial charge in [-0.2, -0.15) is 9.97 Å². The number of nitrogens with zero attached hydrogens (tertiary/aromatic N) is 4. The second kappa shape index (κ2) is 18.3. The zero-order chi connectivity index (χ0) is 50.7. The third-order valence-corrected chi connectivity index (χ3v) is 15.4. The van der Waals surface area contributed by atoms with Gasteiger partial charge in [0.15, 0.2) is 11.6 Å². The number of fused-ring (bicyclic) bond motifs is 6. The zero-order valence-electron chi connectivity index (χ0n) is 42.2. The molecule has 11 aromatic carbocycles. The van der Waals surface area contributed by atoms with Gasteiger partial charge in [0.1, 0.15) is 0 Å². The van der Waals surface area contributed by atoms with Crippen molar-refractivity contribution >= 4 is 21.8 Å². The van der Waals surface area contributed by atoms with E-state index in [1.807, 2.05) is 0 Å². The molecule has 2 heterocycles. The molecule has 1 aliphatic carbocycles. The van der Waals surface area contributed by atoms with Crippen LogP contribution in [-0.2, 0) is 5.41 Å². The summed E-state index contributed by atoms with van der Waals surface area (Å²) in [4.78, 5) is 17.0. The monoisotopic (exact) mass is 970 g/mol. The van der Waals surface area contributed by atoms with Crippen LogP contribution in [0.1, 0.15) is 25.0 Å². The Kier molecular flexibility index (Phi) is 10.8. The van der Waals surface area contributed by atoms with Crippen LogP contribution < -0.4 is 0 Å². The molecule has 2 aromatic heterocycles. The van der Waals surface area contributed by atoms with Crippen LogP contribution in [0, 0.1) is 0 Å². The highest BCUT2D eigenvalue weighted by Gasteiger charge is 2.37. The van der Waals surface area contributed by atoms with E-state index in [-0.39, 0.29) is 5.41 Å². The topological polar surface area (TPSA) is 43.6 Å². The second-order valence-electron chi connectivity index (χ2n) is 20.4. The highest BCUT2D eigenvalue weighted by Crippen LogP contribution is 2.52. The first-order valence-corrected chi connectivity index (χ1v) is 26.1. The van der Waals surface area contributed by atoms with Crippen molar-refractivity contribution in [2.24, 2.45) is 0 Å². The molecule has 0 fully saturated rings. The fourth-order valence-corrected chi connectivity index (χ4v) is 11.6. The summed E-state index contributed by atoms with van der Waals surface area (Å²) in [6, 6.07) is 95.9. The summed E-state index contributed by atoms with van der Waals surface area (Å²) in [5, 5.41) is 2.28. The quantitative estimate of drug-likeness (QED) is 0.145. The molecule has 0 saturated heterocycles. The molecule has 76 heavy (non-hydrogen) atoms. The lowest BCUT2D eigenvalue weighted by atomic mass is 9.82. The van der Waals surface area contributed by atoms with Gasteiger partial charge in [-0.1, -0.05) is 220 Å². The molecular weight excluding hydrogens is 921 g/mol. The van der Waals surface area contributed by atoms with Crippen molar-refractivity contribution in [3.63, 3.8) is 0 Å². The highest BCUT2D eigenvalue weighted by atomic mass is 15.2. The van der Waals surface area contributed by atoms with E-state index in [2.05, 4.69) is 285 Å². The molecule has 13 aromatic rings. The first-order chi connectivity index (χ1) is 37.4. The largest absolute Gasteiger partial charge is 0.278 e. The molecule has 1 aliphatic rings. The molecule has 0 atom stereocenters. The summed E-state index contributed by atoms with van der Waals surface area (Å²) >= 11 is 0. The minimum atomic E-state index is -0.258. The predicted octanol–water partition coefficient (Wildman–Crippen LogP) is 18.6. The Labute approximate surface area is 443 Å². The van der Waals surface area contributed by atoms with Gasteiger partial charge in [0.25, 0.3) is 0 Å². The first-order valence-electron chi connectivity index (χ1n) is 26.1. The van der Waals surface area contributed by atoms with Gasteiger partial charge in [-0.3, -0.25) is 4.57 Å². The standard InChI is InChI=1S/C72H50N4/c1-72(2)64-36-22-21-35-60(64)62-45-63-66(46-65(62)72)76(67-44-57(51-31-17-7-18-32-51)43-61(68(63)67)52-33-19-8-20-34-52)71-74-69(58-39-53(47-23-9-3-10-24-47)37-54(40-58)48-25-11-4-12-26-48)73-70(75-71)59-41-55(49-27-13-5-14-28-49)38-56(42-59)50-29-15-6-16-30-50/h3-46H,1-2H3. The Morgan fingerprint density at radius 1 is 0.276 bits per heavy atom. The minimum absolute atomic E-state index is 0.258. The minimum Gasteiger partial charge on any atom is -0.278 e. The molecule has 4 heteroatoms. The van der Waals surface area contributed by atoms with Crippen molar-refractivity contribution in [2.45, 2.75) is 19.3 Å². The van der Waals surface area contributed by atoms with Crippen molar-refractivity contribution < 1.29 is 0 Å². The molecule has 4 nitrogen and oxygen atoms in total. The van der Waals surface area contributed by atoms with Crippen LogP contribution in [0.25, 0.3) is 128 Å². The maximum Gasteiger partial charge on any atom is 0.238 e. The van der Waals surface area contributed by atoms with Gasteiger partial charge >= 0.3 is 0 Å². The average molecular weight is 971 g/mol. The Balaban J connectivity index is 1.12. The van der Waals surface area contributed by atoms with E-state index in [0.717, 1.165) is 99.7 Å². The predicted molar refractivity (Wildman–Crippen MR) is 315 cm³/mol. The van der Waals surface area contributed by atoms with Crippen LogP contribution in [0.4, 0.5) is 0 Å². The normalized spacial score (nSPS) is 12.4. The third kappa shape index (κ3) is 7.82. The van der Waals surface area contributed by atoms with Crippen LogP contribution in [0.15, 0.2) is 267 Å². The van der Waals surface area contributed by atoms with Crippen molar-refractivity contribution in [2.75, 3.05) is 0 Å². The van der Waals surface area contributed by atoms with Crippen molar-refractivity contribution in [3.8, 4) is 107 Å². The molecule has 0 unspecified atom stereocenters. The van der Waals surface area contributed by atoms with Crippen LogP contribution in [0.2, 0.25) is 0 Å². The fraction of sp³-hybridized carbons (Fsp3) is 0.0417. The summed E-state index contributed by atoms with van der Waals surface area (Å²) in [7, 11) is 0. The van der Waals surface area contributed by atoms with Crippen molar-refractivity contribution in [3.05, 3.63) is 278 Å². The number of hydrogen-bond acceptors (Lipinski definition) is 3. The summed E-state index contributed by atoms with van der Waals surface area (Å²) in [5.41, 5.74) is 22.0. The fourth-order valence-electron chi connectivity index (χ4n) is 11.6. The van der Waals surface area contributed by atoms with Gasteiger partial charge in [0.2, 0.25) is 5.95 Å². The smallest absolute Gasteiger partial charge is 0.238 e. The van der Waals surface area contributed by atoms with E-state index in [1.165, 1.54) is 22.3 Å². The maximum absolute atomic E-state index is 5.72. The van der Waals surface area contributed by atoms with E-state index in [0.29, 0.717) is 17.6 Å². The van der Waals surface area contributed by atoms with E-state index in [9.17, 15) is 0 Å². The van der Waals surface area contributed by atoms with Crippen molar-refractivity contribution in [1.82, 2.24) is 19.5 Å². The first kappa shape index (κ1) is 44.9. The SMILES string of the molecule is CC1(C)c2ccccc2-c2cc3c4c(-c5ccccc5)cc(-c5ccccc5)cc4n(-c4nc(-c5cc(-c6ccccc6)cc(-c6ccccc6)c5)nc(-c5cc(-c6ccccc6)cc(-c6ccccc6)c5)n4)c3cc21. The number of aromatic nitrogens is 4. The third-order valence-electron chi connectivity index (χ3n) is 15.4. The van der Waals surface area contributed by atoms with Gasteiger partial charge < -0.3 is 0 Å². The second-order valence-corrected chi connectivity index (χ2v) is 20.4. The molecule has 0 radical (unpaired) electrons. The highest BCUT2D eigenvalue weighted by molar-refractivity contribution is 6.18. The number of hydrogen-bond donors (Lipinski definition) is 0. The molecular formula is C72H50N4. The van der Waals surface area contributed by atoms with Crippen molar-refractivity contribution in [1.29, 1.82) is 0 Å². The molecule has 0 N–H and O–H groups in total. The molecule has 14 rings (SSSR count). The molecule has 0 aliphatic heterocycles. The van der Waals surface area contributed by atoms with Crippen LogP contribution in [-0.4, -0.2) is 19.5 Å². The number of rotatable bonds is 9. The van der Waals surface area contributed by atoms with E-state index < -0.39 is 0 Å². The summed E-state index contributed by atoms with van der Waals surface area (Å²) < 4.78 is 2.33. The number of benzene rings is 11. The summed E-state index contributed by atoms with van der Waals surface area (Å²) in [6.45, 7) is 4.71. The maximum atomic E-state index is 5.72. The Bertz CT molecular complexity index is 4060. The van der Waals surface area contributed by atoms with E-state index >= 15 is 0 Å². The molecule has 0 spiro atoms. The van der Waals surface area contributed by atoms with Crippen LogP contribution >= 0.6 is 0 Å². The van der Waals surface area contributed by atoms with E-state index in [1.54, 1.807) is 0 Å². The van der Waals surface area contributed by atoms with Gasteiger partial charge in [0, 0.05) is 27.3 Å². The molecule has 0 saturated carbocycles. The van der Waals surface area contributed by atoms with Gasteiger partial charge in [-0.15, -0.1) is 0 Å². The molecule has 0 amide bonds. The van der Waals surface area contributed by atoms with E-state index in [4.69, 9.17) is 15.0 Å². The van der Waals surface area contributed by atoms with Gasteiger partial charge in [-0.05, 0) is 150 Å². The lowest BCUT2D eigenvalue weighted by molar-refractivity contribution is 0.661. The lowest BCUT2D eigenvalue weighted by Gasteiger charge is -2.21. The van der Waals surface area contributed by atoms with Gasteiger partial charge in [0.05, 0.1) is 11.0 Å².